The molecule has 3 aromatic carbocycles. The van der Waals surface area contributed by atoms with Gasteiger partial charge in [0.05, 0.1) is 15.3 Å². The van der Waals surface area contributed by atoms with E-state index in [-0.39, 0.29) is 23.1 Å². The maximum absolute atomic E-state index is 13.4. The predicted molar refractivity (Wildman–Crippen MR) is 141 cm³/mol. The lowest BCUT2D eigenvalue weighted by molar-refractivity contribution is 0.116. The highest BCUT2D eigenvalue weighted by Gasteiger charge is 2.25. The highest BCUT2D eigenvalue weighted by Crippen LogP contribution is 2.27. The van der Waals surface area contributed by atoms with Crippen molar-refractivity contribution in [2.24, 2.45) is 0 Å². The van der Waals surface area contributed by atoms with Gasteiger partial charge in [-0.2, -0.15) is 4.31 Å². The molecule has 36 heavy (non-hydrogen) atoms. The van der Waals surface area contributed by atoms with Crippen LogP contribution in [0.2, 0.25) is 0 Å². The molecule has 0 aliphatic rings. The van der Waals surface area contributed by atoms with E-state index in [0.717, 1.165) is 22.1 Å². The molecule has 0 fully saturated rings. The van der Waals surface area contributed by atoms with Crippen LogP contribution in [0.5, 0.6) is 0 Å². The van der Waals surface area contributed by atoms with E-state index in [9.17, 15) is 16.8 Å². The molecular formula is C27H30N2O5S2. The first kappa shape index (κ1) is 26.1. The van der Waals surface area contributed by atoms with E-state index in [2.05, 4.69) is 0 Å². The molecule has 0 saturated heterocycles. The second-order valence-electron chi connectivity index (χ2n) is 8.80. The van der Waals surface area contributed by atoms with Crippen LogP contribution >= 0.6 is 0 Å². The Balaban J connectivity index is 1.59. The molecule has 0 aliphatic carbocycles. The van der Waals surface area contributed by atoms with Crippen LogP contribution in [0.15, 0.2) is 88.8 Å². The lowest BCUT2D eigenvalue weighted by atomic mass is 10.1. The number of para-hydroxylation sites is 1. The summed E-state index contributed by atoms with van der Waals surface area (Å²) in [6.07, 6.45) is 2.64. The summed E-state index contributed by atoms with van der Waals surface area (Å²) in [5.41, 5.74) is 3.39. The standard InChI is InChI=1S/C27H30N2O5S2/c1-21-10-14-24(15-11-21)35(30,31)28(20-34-3)18-6-7-23-19-29(27-9-5-4-8-26(23)27)36(32,33)25-16-12-22(2)13-17-25/h4-5,8-17,19H,6-7,18,20H2,1-3H3. The van der Waals surface area contributed by atoms with Gasteiger partial charge in [-0.05, 0) is 62.6 Å². The number of methoxy groups -OCH3 is 1. The second kappa shape index (κ2) is 10.6. The fraction of sp³-hybridized carbons (Fsp3) is 0.259. The molecule has 0 bridgehead atoms. The van der Waals surface area contributed by atoms with Crippen LogP contribution in [0.25, 0.3) is 10.9 Å². The van der Waals surface area contributed by atoms with E-state index in [1.54, 1.807) is 60.8 Å². The number of sulfonamides is 1. The van der Waals surface area contributed by atoms with Crippen molar-refractivity contribution in [3.63, 3.8) is 0 Å². The minimum atomic E-state index is -3.78. The molecule has 0 amide bonds. The van der Waals surface area contributed by atoms with Crippen molar-refractivity contribution in [2.75, 3.05) is 20.4 Å². The number of rotatable bonds is 10. The van der Waals surface area contributed by atoms with Crippen molar-refractivity contribution in [3.05, 3.63) is 95.7 Å². The molecule has 0 atom stereocenters. The highest BCUT2D eigenvalue weighted by molar-refractivity contribution is 7.90. The maximum atomic E-state index is 13.4. The highest BCUT2D eigenvalue weighted by atomic mass is 32.2. The molecule has 190 valence electrons. The summed E-state index contributed by atoms with van der Waals surface area (Å²) >= 11 is 0. The molecule has 9 heteroatoms. The first-order chi connectivity index (χ1) is 17.1. The van der Waals surface area contributed by atoms with E-state index in [0.29, 0.717) is 18.4 Å². The van der Waals surface area contributed by atoms with Gasteiger partial charge >= 0.3 is 0 Å². The van der Waals surface area contributed by atoms with Gasteiger partial charge in [0.2, 0.25) is 10.0 Å². The van der Waals surface area contributed by atoms with Crippen LogP contribution < -0.4 is 0 Å². The van der Waals surface area contributed by atoms with Crippen molar-refractivity contribution in [2.45, 2.75) is 36.5 Å². The molecule has 0 aliphatic heterocycles. The molecule has 0 radical (unpaired) electrons. The third kappa shape index (κ3) is 5.24. The summed E-state index contributed by atoms with van der Waals surface area (Å²) in [6, 6.07) is 20.8. The maximum Gasteiger partial charge on any atom is 0.268 e. The summed E-state index contributed by atoms with van der Waals surface area (Å²) in [6.45, 7) is 3.97. The minimum Gasteiger partial charge on any atom is -0.368 e. The fourth-order valence-corrected chi connectivity index (χ4v) is 6.93. The van der Waals surface area contributed by atoms with Crippen LogP contribution in [0.3, 0.4) is 0 Å². The van der Waals surface area contributed by atoms with E-state index >= 15 is 0 Å². The van der Waals surface area contributed by atoms with Crippen molar-refractivity contribution in [1.29, 1.82) is 0 Å². The number of nitrogens with zero attached hydrogens (tertiary/aromatic N) is 2. The predicted octanol–water partition coefficient (Wildman–Crippen LogP) is 4.72. The zero-order valence-electron chi connectivity index (χ0n) is 20.6. The average molecular weight is 527 g/mol. The van der Waals surface area contributed by atoms with E-state index < -0.39 is 20.0 Å². The zero-order chi connectivity index (χ0) is 25.9. The Morgan fingerprint density at radius 2 is 1.39 bits per heavy atom. The van der Waals surface area contributed by atoms with Crippen molar-refractivity contribution >= 4 is 30.9 Å². The largest absolute Gasteiger partial charge is 0.368 e. The summed E-state index contributed by atoms with van der Waals surface area (Å²) in [5.74, 6) is 0. The molecule has 4 rings (SSSR count). The third-order valence-electron chi connectivity index (χ3n) is 6.12. The van der Waals surface area contributed by atoms with Gasteiger partial charge in [-0.15, -0.1) is 0 Å². The van der Waals surface area contributed by atoms with Gasteiger partial charge in [0.25, 0.3) is 10.0 Å². The number of aryl methyl sites for hydroxylation is 3. The molecule has 0 unspecified atom stereocenters. The second-order valence-corrected chi connectivity index (χ2v) is 12.6. The molecule has 0 spiro atoms. The van der Waals surface area contributed by atoms with Crippen molar-refractivity contribution in [3.8, 4) is 0 Å². The first-order valence-corrected chi connectivity index (χ1v) is 14.5. The van der Waals surface area contributed by atoms with Crippen LogP contribution in [-0.4, -0.2) is 45.5 Å². The monoisotopic (exact) mass is 526 g/mol. The van der Waals surface area contributed by atoms with Crippen LogP contribution in [0.1, 0.15) is 23.1 Å². The smallest absolute Gasteiger partial charge is 0.268 e. The molecule has 0 saturated carbocycles. The Kier molecular flexibility index (Phi) is 7.65. The summed E-state index contributed by atoms with van der Waals surface area (Å²) in [4.78, 5) is 0.432. The van der Waals surface area contributed by atoms with Gasteiger partial charge in [0.15, 0.2) is 0 Å². The Labute approximate surface area is 213 Å². The van der Waals surface area contributed by atoms with Gasteiger partial charge in [-0.3, -0.25) is 0 Å². The van der Waals surface area contributed by atoms with Gasteiger partial charge < -0.3 is 4.74 Å². The number of benzene rings is 3. The van der Waals surface area contributed by atoms with Crippen LogP contribution in [0.4, 0.5) is 0 Å². The van der Waals surface area contributed by atoms with Crippen molar-refractivity contribution < 1.29 is 21.6 Å². The van der Waals surface area contributed by atoms with Gasteiger partial charge in [0, 0.05) is 25.2 Å². The summed E-state index contributed by atoms with van der Waals surface area (Å²) < 4.78 is 61.0. The van der Waals surface area contributed by atoms with Crippen molar-refractivity contribution in [1.82, 2.24) is 8.28 Å². The Morgan fingerprint density at radius 1 is 0.806 bits per heavy atom. The zero-order valence-corrected chi connectivity index (χ0v) is 22.2. The van der Waals surface area contributed by atoms with Gasteiger partial charge in [-0.25, -0.2) is 20.8 Å². The molecule has 7 nitrogen and oxygen atoms in total. The first-order valence-electron chi connectivity index (χ1n) is 11.6. The summed E-state index contributed by atoms with van der Waals surface area (Å²) in [5, 5.41) is 0.827. The number of ether oxygens (including phenoxy) is 1. The molecule has 1 aromatic heterocycles. The van der Waals surface area contributed by atoms with E-state index in [1.165, 1.54) is 15.4 Å². The Bertz CT molecular complexity index is 1560. The minimum absolute atomic E-state index is 0.0697. The normalized spacial score (nSPS) is 12.4. The Hall–Kier alpha value is -2.98. The van der Waals surface area contributed by atoms with Gasteiger partial charge in [0.1, 0.15) is 6.73 Å². The van der Waals surface area contributed by atoms with Gasteiger partial charge in [-0.1, -0.05) is 53.6 Å². The number of hydrogen-bond donors (Lipinski definition) is 0. The van der Waals surface area contributed by atoms with Crippen LogP contribution in [-0.2, 0) is 31.2 Å². The average Bonchev–Trinajstić information content (AvgIpc) is 3.23. The number of aromatic nitrogens is 1. The fourth-order valence-electron chi connectivity index (χ4n) is 4.14. The number of fused-ring (bicyclic) bond motifs is 1. The lowest BCUT2D eigenvalue weighted by Crippen LogP contribution is -2.34. The Morgan fingerprint density at radius 3 is 2.00 bits per heavy atom. The molecule has 1 heterocycles. The third-order valence-corrected chi connectivity index (χ3v) is 9.65. The molecule has 0 N–H and O–H groups in total. The van der Waals surface area contributed by atoms with E-state index in [1.807, 2.05) is 32.0 Å². The quantitative estimate of drug-likeness (QED) is 0.279. The molecular weight excluding hydrogens is 496 g/mol. The lowest BCUT2D eigenvalue weighted by Gasteiger charge is -2.21. The number of hydrogen-bond acceptors (Lipinski definition) is 5. The topological polar surface area (TPSA) is 85.7 Å². The molecule has 4 aromatic rings. The SMILES string of the molecule is COCN(CCCc1cn(S(=O)(=O)c2ccc(C)cc2)c2ccccc12)S(=O)(=O)c1ccc(C)cc1. The van der Waals surface area contributed by atoms with E-state index in [4.69, 9.17) is 4.74 Å². The summed E-state index contributed by atoms with van der Waals surface area (Å²) in [7, 11) is -6.05. The van der Waals surface area contributed by atoms with Crippen LogP contribution in [0, 0.1) is 13.8 Å².